The van der Waals surface area contributed by atoms with Gasteiger partial charge in [0.25, 0.3) is 0 Å². The standard InChI is InChI=1S/C14H9Cl3N2S/c1-7-2-4-9(16)13(12(7)17)19-14-18-10-6-8(15)3-5-11(10)20-14/h2-6H,1H3,(H,18,19). The van der Waals surface area contributed by atoms with E-state index in [9.17, 15) is 0 Å². The van der Waals surface area contributed by atoms with E-state index in [1.54, 1.807) is 0 Å². The van der Waals surface area contributed by atoms with Crippen LogP contribution in [0.3, 0.4) is 0 Å². The summed E-state index contributed by atoms with van der Waals surface area (Å²) in [7, 11) is 0. The summed E-state index contributed by atoms with van der Waals surface area (Å²) in [5.74, 6) is 0. The van der Waals surface area contributed by atoms with E-state index in [0.717, 1.165) is 20.9 Å². The molecule has 0 unspecified atom stereocenters. The molecule has 0 saturated carbocycles. The van der Waals surface area contributed by atoms with E-state index >= 15 is 0 Å². The van der Waals surface area contributed by atoms with Crippen molar-refractivity contribution in [3.8, 4) is 0 Å². The molecule has 2 nitrogen and oxygen atoms in total. The molecule has 0 atom stereocenters. The molecule has 3 rings (SSSR count). The predicted molar refractivity (Wildman–Crippen MR) is 89.1 cm³/mol. The number of nitrogens with zero attached hydrogens (tertiary/aromatic N) is 1. The molecule has 0 aliphatic rings. The maximum atomic E-state index is 6.28. The van der Waals surface area contributed by atoms with Crippen LogP contribution >= 0.6 is 46.1 Å². The van der Waals surface area contributed by atoms with Crippen molar-refractivity contribution in [2.75, 3.05) is 5.32 Å². The second kappa shape index (κ2) is 5.41. The van der Waals surface area contributed by atoms with Crippen LogP contribution in [0.4, 0.5) is 10.8 Å². The van der Waals surface area contributed by atoms with Gasteiger partial charge in [-0.1, -0.05) is 52.2 Å². The average molecular weight is 344 g/mol. The lowest BCUT2D eigenvalue weighted by Gasteiger charge is -2.09. The van der Waals surface area contributed by atoms with Gasteiger partial charge in [0.2, 0.25) is 0 Å². The van der Waals surface area contributed by atoms with Crippen molar-refractivity contribution in [2.45, 2.75) is 6.92 Å². The third-order valence-corrected chi connectivity index (χ3v) is 4.85. The maximum absolute atomic E-state index is 6.28. The minimum absolute atomic E-state index is 0.567. The highest BCUT2D eigenvalue weighted by Crippen LogP contribution is 2.37. The first-order chi connectivity index (χ1) is 9.54. The summed E-state index contributed by atoms with van der Waals surface area (Å²) in [5, 5.41) is 5.77. The molecule has 0 bridgehead atoms. The lowest BCUT2D eigenvalue weighted by Crippen LogP contribution is -1.93. The Morgan fingerprint density at radius 2 is 1.90 bits per heavy atom. The number of rotatable bonds is 2. The van der Waals surface area contributed by atoms with Crippen LogP contribution in [0.15, 0.2) is 30.3 Å². The van der Waals surface area contributed by atoms with Gasteiger partial charge in [-0.05, 0) is 36.8 Å². The van der Waals surface area contributed by atoms with Gasteiger partial charge in [-0.15, -0.1) is 0 Å². The third-order valence-electron chi connectivity index (χ3n) is 2.87. The smallest absolute Gasteiger partial charge is 0.188 e. The zero-order valence-corrected chi connectivity index (χ0v) is 13.5. The van der Waals surface area contributed by atoms with Crippen molar-refractivity contribution in [1.82, 2.24) is 4.98 Å². The predicted octanol–water partition coefficient (Wildman–Crippen LogP) is 6.31. The van der Waals surface area contributed by atoms with E-state index < -0.39 is 0 Å². The molecule has 1 heterocycles. The second-order valence-electron chi connectivity index (χ2n) is 4.31. The maximum Gasteiger partial charge on any atom is 0.188 e. The number of anilines is 2. The summed E-state index contributed by atoms with van der Waals surface area (Å²) >= 11 is 20.0. The molecule has 0 spiro atoms. The van der Waals surface area contributed by atoms with E-state index in [-0.39, 0.29) is 0 Å². The lowest BCUT2D eigenvalue weighted by atomic mass is 10.2. The molecule has 0 amide bonds. The number of hydrogen-bond donors (Lipinski definition) is 1. The summed E-state index contributed by atoms with van der Waals surface area (Å²) in [5.41, 5.74) is 2.49. The van der Waals surface area contributed by atoms with Gasteiger partial charge in [0.1, 0.15) is 0 Å². The molecule has 0 fully saturated rings. The van der Waals surface area contributed by atoms with Crippen molar-refractivity contribution in [3.05, 3.63) is 51.0 Å². The number of benzene rings is 2. The van der Waals surface area contributed by atoms with E-state index in [1.165, 1.54) is 11.3 Å². The zero-order valence-electron chi connectivity index (χ0n) is 10.4. The first-order valence-corrected chi connectivity index (χ1v) is 7.77. The number of aromatic nitrogens is 1. The fraction of sp³-hybridized carbons (Fsp3) is 0.0714. The highest BCUT2D eigenvalue weighted by Gasteiger charge is 2.11. The largest absolute Gasteiger partial charge is 0.329 e. The molecule has 1 N–H and O–H groups in total. The van der Waals surface area contributed by atoms with Crippen LogP contribution < -0.4 is 5.32 Å². The minimum Gasteiger partial charge on any atom is -0.329 e. The summed E-state index contributed by atoms with van der Waals surface area (Å²) in [4.78, 5) is 4.49. The van der Waals surface area contributed by atoms with Crippen molar-refractivity contribution in [2.24, 2.45) is 0 Å². The van der Waals surface area contributed by atoms with Crippen molar-refractivity contribution in [1.29, 1.82) is 0 Å². The molecule has 3 aromatic rings. The monoisotopic (exact) mass is 342 g/mol. The fourth-order valence-corrected chi connectivity index (χ4v) is 3.31. The van der Waals surface area contributed by atoms with E-state index in [1.807, 2.05) is 37.3 Å². The van der Waals surface area contributed by atoms with E-state index in [0.29, 0.717) is 20.8 Å². The fourth-order valence-electron chi connectivity index (χ4n) is 1.83. The first kappa shape index (κ1) is 14.0. The van der Waals surface area contributed by atoms with Crippen LogP contribution in [0.1, 0.15) is 5.56 Å². The highest BCUT2D eigenvalue weighted by molar-refractivity contribution is 7.22. The van der Waals surface area contributed by atoms with Gasteiger partial charge in [-0.3, -0.25) is 0 Å². The Bertz CT molecular complexity index is 798. The Hall–Kier alpha value is -1.000. The number of halogens is 3. The molecule has 0 saturated heterocycles. The molecule has 0 radical (unpaired) electrons. The lowest BCUT2D eigenvalue weighted by molar-refractivity contribution is 1.41. The third kappa shape index (κ3) is 2.59. The van der Waals surface area contributed by atoms with Gasteiger partial charge in [0.05, 0.1) is 25.9 Å². The van der Waals surface area contributed by atoms with Gasteiger partial charge >= 0.3 is 0 Å². The number of aryl methyl sites for hydroxylation is 1. The number of thiazole rings is 1. The molecule has 20 heavy (non-hydrogen) atoms. The van der Waals surface area contributed by atoms with Crippen LogP contribution in [0, 0.1) is 6.92 Å². The van der Waals surface area contributed by atoms with Crippen LogP contribution in [0.25, 0.3) is 10.2 Å². The molecule has 2 aromatic carbocycles. The molecule has 102 valence electrons. The van der Waals surface area contributed by atoms with Crippen LogP contribution in [-0.2, 0) is 0 Å². The average Bonchev–Trinajstić information content (AvgIpc) is 2.81. The normalized spacial score (nSPS) is 11.0. The van der Waals surface area contributed by atoms with Crippen molar-refractivity contribution in [3.63, 3.8) is 0 Å². The van der Waals surface area contributed by atoms with Gasteiger partial charge in [-0.25, -0.2) is 4.98 Å². The van der Waals surface area contributed by atoms with E-state index in [2.05, 4.69) is 10.3 Å². The summed E-state index contributed by atoms with van der Waals surface area (Å²) in [6.45, 7) is 1.93. The Labute approximate surface area is 135 Å². The Morgan fingerprint density at radius 3 is 2.70 bits per heavy atom. The summed E-state index contributed by atoms with van der Waals surface area (Å²) in [6.07, 6.45) is 0. The Kier molecular flexibility index (Phi) is 3.78. The Balaban J connectivity index is 2.03. The van der Waals surface area contributed by atoms with Crippen molar-refractivity contribution >= 4 is 67.2 Å². The SMILES string of the molecule is Cc1ccc(Cl)c(Nc2nc3cc(Cl)ccc3s2)c1Cl. The molecule has 0 aliphatic heterocycles. The summed E-state index contributed by atoms with van der Waals surface area (Å²) in [6, 6.07) is 9.32. The van der Waals surface area contributed by atoms with Crippen LogP contribution in [0.2, 0.25) is 15.1 Å². The first-order valence-electron chi connectivity index (χ1n) is 5.82. The molecule has 1 aromatic heterocycles. The quantitative estimate of drug-likeness (QED) is 0.590. The van der Waals surface area contributed by atoms with Crippen LogP contribution in [0.5, 0.6) is 0 Å². The van der Waals surface area contributed by atoms with Crippen molar-refractivity contribution < 1.29 is 0 Å². The number of nitrogens with one attached hydrogen (secondary N) is 1. The van der Waals surface area contributed by atoms with Gasteiger partial charge in [0.15, 0.2) is 5.13 Å². The highest BCUT2D eigenvalue weighted by atomic mass is 35.5. The Morgan fingerprint density at radius 1 is 1.10 bits per heavy atom. The second-order valence-corrected chi connectivity index (χ2v) is 6.56. The zero-order chi connectivity index (χ0) is 14.3. The number of fused-ring (bicyclic) bond motifs is 1. The van der Waals surface area contributed by atoms with Gasteiger partial charge in [0, 0.05) is 5.02 Å². The molecule has 0 aliphatic carbocycles. The molecular formula is C14H9Cl3N2S. The van der Waals surface area contributed by atoms with E-state index in [4.69, 9.17) is 34.8 Å². The van der Waals surface area contributed by atoms with Gasteiger partial charge < -0.3 is 5.32 Å². The number of hydrogen-bond acceptors (Lipinski definition) is 3. The minimum atomic E-state index is 0.567. The molecule has 6 heteroatoms. The van der Waals surface area contributed by atoms with Gasteiger partial charge in [-0.2, -0.15) is 0 Å². The molecular weight excluding hydrogens is 335 g/mol. The topological polar surface area (TPSA) is 24.9 Å². The summed E-state index contributed by atoms with van der Waals surface area (Å²) < 4.78 is 1.05. The van der Waals surface area contributed by atoms with Crippen LogP contribution in [-0.4, -0.2) is 4.98 Å².